The summed E-state index contributed by atoms with van der Waals surface area (Å²) in [4.78, 5) is 32.3. The van der Waals surface area contributed by atoms with E-state index in [9.17, 15) is 9.59 Å². The number of hydrogen-bond acceptors (Lipinski definition) is 6. The van der Waals surface area contributed by atoms with Crippen LogP contribution >= 0.6 is 0 Å². The van der Waals surface area contributed by atoms with Crippen LogP contribution in [0.1, 0.15) is 13.8 Å². The fourth-order valence-corrected chi connectivity index (χ4v) is 4.81. The molecular formula is C29H22N2O4. The zero-order valence-electron chi connectivity index (χ0n) is 19.4. The van der Waals surface area contributed by atoms with Crippen molar-refractivity contribution in [2.75, 3.05) is 18.0 Å². The molecule has 6 rings (SSSR count). The van der Waals surface area contributed by atoms with Crippen molar-refractivity contribution in [2.24, 2.45) is 0 Å². The minimum atomic E-state index is -0.474. The van der Waals surface area contributed by atoms with E-state index in [0.29, 0.717) is 33.2 Å². The molecule has 0 aliphatic carbocycles. The summed E-state index contributed by atoms with van der Waals surface area (Å²) in [6.07, 6.45) is 1.48. The van der Waals surface area contributed by atoms with E-state index >= 15 is 0 Å². The van der Waals surface area contributed by atoms with Crippen molar-refractivity contribution in [1.82, 2.24) is 4.98 Å². The standard InChI is InChI=1S/C29H22N2O4/c1-3-31(4-2)19-11-9-18-13-22(28(32)35-26(18)14-19)24-15-21-23(16-30-24)29(33)34-25-12-10-17-7-5-6-8-20(17)27(21)25/h5-16H,3-4H2,1-2H3. The Bertz CT molecular complexity index is 1880. The first-order chi connectivity index (χ1) is 17.1. The van der Waals surface area contributed by atoms with Gasteiger partial charge in [-0.1, -0.05) is 30.3 Å². The highest BCUT2D eigenvalue weighted by molar-refractivity contribution is 6.18. The van der Waals surface area contributed by atoms with E-state index in [1.165, 1.54) is 6.20 Å². The lowest BCUT2D eigenvalue weighted by atomic mass is 10.0. The smallest absolute Gasteiger partial charge is 0.345 e. The molecule has 6 aromatic rings. The van der Waals surface area contributed by atoms with Crippen LogP contribution in [0.25, 0.3) is 54.7 Å². The number of anilines is 1. The van der Waals surface area contributed by atoms with Gasteiger partial charge in [0, 0.05) is 47.2 Å². The molecule has 6 heteroatoms. The number of nitrogens with zero attached hydrogens (tertiary/aromatic N) is 2. The maximum Gasteiger partial charge on any atom is 0.345 e. The van der Waals surface area contributed by atoms with E-state index in [2.05, 4.69) is 23.7 Å². The van der Waals surface area contributed by atoms with Crippen LogP contribution in [0.4, 0.5) is 5.69 Å². The van der Waals surface area contributed by atoms with Crippen molar-refractivity contribution in [1.29, 1.82) is 0 Å². The molecule has 0 bridgehead atoms. The van der Waals surface area contributed by atoms with Gasteiger partial charge in [0.2, 0.25) is 0 Å². The highest BCUT2D eigenvalue weighted by atomic mass is 16.4. The van der Waals surface area contributed by atoms with Crippen LogP contribution in [-0.2, 0) is 0 Å². The van der Waals surface area contributed by atoms with Gasteiger partial charge in [0.1, 0.15) is 11.2 Å². The van der Waals surface area contributed by atoms with E-state index in [1.807, 2.05) is 48.5 Å². The fourth-order valence-electron chi connectivity index (χ4n) is 4.81. The number of rotatable bonds is 4. The minimum absolute atomic E-state index is 0.344. The van der Waals surface area contributed by atoms with Crippen molar-refractivity contribution in [3.05, 3.63) is 93.8 Å². The monoisotopic (exact) mass is 462 g/mol. The number of aromatic nitrogens is 1. The van der Waals surface area contributed by atoms with Crippen LogP contribution in [0.3, 0.4) is 0 Å². The van der Waals surface area contributed by atoms with Crippen LogP contribution in [0, 0.1) is 0 Å². The number of benzene rings is 3. The molecule has 0 atom stereocenters. The van der Waals surface area contributed by atoms with Crippen molar-refractivity contribution in [3.63, 3.8) is 0 Å². The van der Waals surface area contributed by atoms with Gasteiger partial charge in [-0.25, -0.2) is 9.59 Å². The molecule has 6 nitrogen and oxygen atoms in total. The Balaban J connectivity index is 1.60. The lowest BCUT2D eigenvalue weighted by Crippen LogP contribution is -2.21. The molecule has 0 fully saturated rings. The van der Waals surface area contributed by atoms with Crippen LogP contribution < -0.4 is 16.2 Å². The molecule has 172 valence electrons. The summed E-state index contributed by atoms with van der Waals surface area (Å²) in [7, 11) is 0. The number of pyridine rings is 1. The lowest BCUT2D eigenvalue weighted by molar-refractivity contribution is 0.563. The normalized spacial score (nSPS) is 11.6. The van der Waals surface area contributed by atoms with E-state index in [1.54, 1.807) is 18.2 Å². The van der Waals surface area contributed by atoms with Gasteiger partial charge >= 0.3 is 11.3 Å². The summed E-state index contributed by atoms with van der Waals surface area (Å²) in [5.41, 5.74) is 1.88. The summed E-state index contributed by atoms with van der Waals surface area (Å²) in [5.74, 6) is 0. The second-order valence-electron chi connectivity index (χ2n) is 8.51. The van der Waals surface area contributed by atoms with Gasteiger partial charge in [0.15, 0.2) is 0 Å². The highest BCUT2D eigenvalue weighted by Gasteiger charge is 2.16. The Morgan fingerprint density at radius 1 is 0.743 bits per heavy atom. The maximum absolute atomic E-state index is 13.0. The molecule has 0 saturated carbocycles. The summed E-state index contributed by atoms with van der Waals surface area (Å²) in [6.45, 7) is 5.90. The van der Waals surface area contributed by atoms with E-state index in [4.69, 9.17) is 8.83 Å². The van der Waals surface area contributed by atoms with Gasteiger partial charge in [0.25, 0.3) is 0 Å². The number of fused-ring (bicyclic) bond motifs is 6. The lowest BCUT2D eigenvalue weighted by Gasteiger charge is -2.21. The van der Waals surface area contributed by atoms with Crippen LogP contribution in [-0.4, -0.2) is 18.1 Å². The van der Waals surface area contributed by atoms with Gasteiger partial charge in [-0.05, 0) is 55.0 Å². The third-order valence-corrected chi connectivity index (χ3v) is 6.61. The summed E-state index contributed by atoms with van der Waals surface area (Å²) >= 11 is 0. The molecule has 0 N–H and O–H groups in total. The van der Waals surface area contributed by atoms with Gasteiger partial charge in [-0.2, -0.15) is 0 Å². The second kappa shape index (κ2) is 8.09. The number of hydrogen-bond donors (Lipinski definition) is 0. The molecule has 0 saturated heterocycles. The van der Waals surface area contributed by atoms with Crippen LogP contribution in [0.5, 0.6) is 0 Å². The molecule has 35 heavy (non-hydrogen) atoms. The Labute approximate surface area is 200 Å². The molecule has 0 unspecified atom stereocenters. The molecule has 0 aliphatic heterocycles. The summed E-state index contributed by atoms with van der Waals surface area (Å²) < 4.78 is 11.3. The molecule has 0 spiro atoms. The Morgan fingerprint density at radius 3 is 2.34 bits per heavy atom. The van der Waals surface area contributed by atoms with Gasteiger partial charge in [-0.3, -0.25) is 4.98 Å². The molecule has 0 radical (unpaired) electrons. The van der Waals surface area contributed by atoms with Crippen LogP contribution in [0.2, 0.25) is 0 Å². The Kier molecular flexibility index (Phi) is 4.88. The summed E-state index contributed by atoms with van der Waals surface area (Å²) in [5, 5.41) is 4.67. The van der Waals surface area contributed by atoms with Gasteiger partial charge in [-0.15, -0.1) is 0 Å². The highest BCUT2D eigenvalue weighted by Crippen LogP contribution is 2.32. The third-order valence-electron chi connectivity index (χ3n) is 6.61. The van der Waals surface area contributed by atoms with E-state index < -0.39 is 11.3 Å². The molecule has 3 aromatic heterocycles. The Morgan fingerprint density at radius 2 is 1.51 bits per heavy atom. The quantitative estimate of drug-likeness (QED) is 0.232. The Hall–Kier alpha value is -4.45. The first-order valence-electron chi connectivity index (χ1n) is 11.6. The first kappa shape index (κ1) is 21.1. The average molecular weight is 463 g/mol. The van der Waals surface area contributed by atoms with Crippen LogP contribution in [0.15, 0.2) is 91.4 Å². The molecule has 0 amide bonds. The van der Waals surface area contributed by atoms with Gasteiger partial charge < -0.3 is 13.7 Å². The van der Waals surface area contributed by atoms with Crippen molar-refractivity contribution in [3.8, 4) is 11.3 Å². The average Bonchev–Trinajstić information content (AvgIpc) is 2.88. The SMILES string of the molecule is CCN(CC)c1ccc2cc(-c3cc4c(cn3)c(=O)oc3ccc5ccccc5c34)c(=O)oc2c1. The van der Waals surface area contributed by atoms with Crippen molar-refractivity contribution >= 4 is 49.2 Å². The molecule has 3 aromatic carbocycles. The summed E-state index contributed by atoms with van der Waals surface area (Å²) in [6, 6.07) is 21.1. The largest absolute Gasteiger partial charge is 0.422 e. The van der Waals surface area contributed by atoms with Crippen molar-refractivity contribution in [2.45, 2.75) is 13.8 Å². The second-order valence-corrected chi connectivity index (χ2v) is 8.51. The predicted octanol–water partition coefficient (Wildman–Crippen LogP) is 6.11. The zero-order chi connectivity index (χ0) is 24.1. The molecule has 3 heterocycles. The minimum Gasteiger partial charge on any atom is -0.422 e. The topological polar surface area (TPSA) is 76.6 Å². The predicted molar refractivity (Wildman–Crippen MR) is 140 cm³/mol. The molecule has 0 aliphatic rings. The zero-order valence-corrected chi connectivity index (χ0v) is 19.4. The molecular weight excluding hydrogens is 440 g/mol. The first-order valence-corrected chi connectivity index (χ1v) is 11.6. The third kappa shape index (κ3) is 3.37. The van der Waals surface area contributed by atoms with E-state index in [0.717, 1.165) is 40.3 Å². The fraction of sp³-hybridized carbons (Fsp3) is 0.138. The van der Waals surface area contributed by atoms with E-state index in [-0.39, 0.29) is 0 Å². The van der Waals surface area contributed by atoms with Crippen molar-refractivity contribution < 1.29 is 8.83 Å². The van der Waals surface area contributed by atoms with Gasteiger partial charge in [0.05, 0.1) is 16.6 Å². The maximum atomic E-state index is 13.0.